The molecule has 2 aromatic rings. The Hall–Kier alpha value is -2.67. The maximum atomic E-state index is 10.7. The zero-order valence-corrected chi connectivity index (χ0v) is 16.4. The molecule has 0 aliphatic carbocycles. The predicted octanol–water partition coefficient (Wildman–Crippen LogP) is 4.08. The maximum absolute atomic E-state index is 10.7. The lowest BCUT2D eigenvalue weighted by Crippen LogP contribution is -2.20. The summed E-state index contributed by atoms with van der Waals surface area (Å²) in [4.78, 5) is 15.2. The number of carboxylic acid groups (broad SMARTS) is 1. The summed E-state index contributed by atoms with van der Waals surface area (Å²) in [6.45, 7) is 5.20. The zero-order valence-electron chi connectivity index (χ0n) is 16.4. The number of hydrogen-bond donors (Lipinski definition) is 1. The van der Waals surface area contributed by atoms with Crippen molar-refractivity contribution in [1.29, 1.82) is 0 Å². The molecule has 1 aliphatic rings. The highest BCUT2D eigenvalue weighted by molar-refractivity contribution is 5.79. The van der Waals surface area contributed by atoms with Crippen LogP contribution in [0.5, 0.6) is 5.75 Å². The number of aliphatic carboxylic acids is 1. The summed E-state index contributed by atoms with van der Waals surface area (Å²) in [6, 6.07) is 5.75. The Kier molecular flexibility index (Phi) is 6.46. The van der Waals surface area contributed by atoms with E-state index < -0.39 is 5.97 Å². The van der Waals surface area contributed by atoms with E-state index in [1.165, 1.54) is 6.08 Å². The first-order chi connectivity index (χ1) is 13.4. The second-order valence-corrected chi connectivity index (χ2v) is 7.62. The number of allylic oxidation sites excluding steroid dienone is 1. The molecule has 7 nitrogen and oxygen atoms in total. The second kappa shape index (κ2) is 9.01. The van der Waals surface area contributed by atoms with E-state index in [-0.39, 0.29) is 11.6 Å². The van der Waals surface area contributed by atoms with E-state index in [9.17, 15) is 4.79 Å². The van der Waals surface area contributed by atoms with Crippen LogP contribution in [0.3, 0.4) is 0 Å². The molecule has 3 heterocycles. The third-order valence-corrected chi connectivity index (χ3v) is 4.79. The average Bonchev–Trinajstić information content (AvgIpc) is 3.17. The van der Waals surface area contributed by atoms with Gasteiger partial charge in [0.2, 0.25) is 0 Å². The largest absolute Gasteiger partial charge is 0.492 e. The summed E-state index contributed by atoms with van der Waals surface area (Å²) in [7, 11) is 0. The van der Waals surface area contributed by atoms with Crippen molar-refractivity contribution in [2.45, 2.75) is 45.8 Å². The molecule has 0 bridgehead atoms. The molecule has 1 aliphatic heterocycles. The standard InChI is InChI=1S/C21H27N3O4/c1-21(2,10-8-20(25)26)11-14-27-16-6-7-17(22-15-16)18-9-12-23-24(18)19-5-3-4-13-28-19/h6-10,12,15,19H,3-5,11,13-14H2,1-2H3,(H,25,26)/b10-8+. The normalized spacial score (nSPS) is 17.7. The smallest absolute Gasteiger partial charge is 0.327 e. The molecule has 0 aromatic carbocycles. The minimum Gasteiger partial charge on any atom is -0.492 e. The molecule has 1 saturated heterocycles. The number of pyridine rings is 1. The molecule has 0 radical (unpaired) electrons. The monoisotopic (exact) mass is 385 g/mol. The van der Waals surface area contributed by atoms with Crippen molar-refractivity contribution in [2.75, 3.05) is 13.2 Å². The van der Waals surface area contributed by atoms with Crippen molar-refractivity contribution in [3.05, 3.63) is 42.7 Å². The van der Waals surface area contributed by atoms with E-state index in [4.69, 9.17) is 14.6 Å². The summed E-state index contributed by atoms with van der Waals surface area (Å²) in [6.07, 6.45) is 10.2. The van der Waals surface area contributed by atoms with Crippen molar-refractivity contribution >= 4 is 5.97 Å². The number of nitrogens with zero attached hydrogens (tertiary/aromatic N) is 3. The van der Waals surface area contributed by atoms with Gasteiger partial charge in [-0.3, -0.25) is 4.98 Å². The Bertz CT molecular complexity index is 805. The van der Waals surface area contributed by atoms with Crippen LogP contribution >= 0.6 is 0 Å². The van der Waals surface area contributed by atoms with Gasteiger partial charge in [-0.15, -0.1) is 0 Å². The topological polar surface area (TPSA) is 86.5 Å². The zero-order chi connectivity index (χ0) is 20.0. The third-order valence-electron chi connectivity index (χ3n) is 4.79. The Morgan fingerprint density at radius 1 is 1.39 bits per heavy atom. The highest BCUT2D eigenvalue weighted by Gasteiger charge is 2.20. The second-order valence-electron chi connectivity index (χ2n) is 7.62. The predicted molar refractivity (Wildman–Crippen MR) is 105 cm³/mol. The van der Waals surface area contributed by atoms with E-state index in [0.717, 1.165) is 37.3 Å². The van der Waals surface area contributed by atoms with Crippen LogP contribution in [0.2, 0.25) is 0 Å². The lowest BCUT2D eigenvalue weighted by atomic mass is 9.89. The first kappa shape index (κ1) is 20.1. The number of ether oxygens (including phenoxy) is 2. The number of carboxylic acids is 1. The molecule has 1 fully saturated rings. The van der Waals surface area contributed by atoms with Gasteiger partial charge in [-0.2, -0.15) is 5.10 Å². The van der Waals surface area contributed by atoms with E-state index in [2.05, 4.69) is 10.1 Å². The molecular weight excluding hydrogens is 358 g/mol. The van der Waals surface area contributed by atoms with Gasteiger partial charge >= 0.3 is 5.97 Å². The lowest BCUT2D eigenvalue weighted by Gasteiger charge is -2.24. The molecule has 1 N–H and O–H groups in total. The Morgan fingerprint density at radius 3 is 2.93 bits per heavy atom. The molecule has 0 saturated carbocycles. The van der Waals surface area contributed by atoms with Gasteiger partial charge in [-0.25, -0.2) is 9.48 Å². The van der Waals surface area contributed by atoms with Gasteiger partial charge in [0.1, 0.15) is 5.75 Å². The van der Waals surface area contributed by atoms with Gasteiger partial charge in [0.15, 0.2) is 6.23 Å². The number of hydrogen-bond acceptors (Lipinski definition) is 5. The fourth-order valence-electron chi connectivity index (χ4n) is 3.09. The SMILES string of the molecule is CC(C)(/C=C/C(=O)O)CCOc1ccc(-c2ccnn2C2CCCCO2)nc1. The van der Waals surface area contributed by atoms with Crippen LogP contribution in [-0.2, 0) is 9.53 Å². The molecule has 0 amide bonds. The first-order valence-electron chi connectivity index (χ1n) is 9.61. The fourth-order valence-corrected chi connectivity index (χ4v) is 3.09. The van der Waals surface area contributed by atoms with Crippen molar-refractivity contribution in [1.82, 2.24) is 14.8 Å². The molecule has 3 rings (SSSR count). The van der Waals surface area contributed by atoms with Crippen LogP contribution in [0, 0.1) is 5.41 Å². The highest BCUT2D eigenvalue weighted by Crippen LogP contribution is 2.28. The van der Waals surface area contributed by atoms with Gasteiger partial charge in [0.05, 0.1) is 24.2 Å². The van der Waals surface area contributed by atoms with Crippen LogP contribution in [0.4, 0.5) is 0 Å². The number of aromatic nitrogens is 3. The number of carbonyl (C=O) groups is 1. The first-order valence-corrected chi connectivity index (χ1v) is 9.61. The molecule has 7 heteroatoms. The van der Waals surface area contributed by atoms with Crippen molar-refractivity contribution in [3.8, 4) is 17.1 Å². The quantitative estimate of drug-likeness (QED) is 0.689. The Morgan fingerprint density at radius 2 is 2.25 bits per heavy atom. The van der Waals surface area contributed by atoms with Gasteiger partial charge < -0.3 is 14.6 Å². The highest BCUT2D eigenvalue weighted by atomic mass is 16.5. The molecule has 150 valence electrons. The molecule has 0 spiro atoms. The molecular formula is C21H27N3O4. The van der Waals surface area contributed by atoms with E-state index in [1.807, 2.05) is 36.7 Å². The fraction of sp³-hybridized carbons (Fsp3) is 0.476. The van der Waals surface area contributed by atoms with E-state index in [0.29, 0.717) is 18.8 Å². The molecule has 1 atom stereocenters. The van der Waals surface area contributed by atoms with Crippen LogP contribution in [0.1, 0.15) is 45.8 Å². The molecule has 28 heavy (non-hydrogen) atoms. The third kappa shape index (κ3) is 5.42. The minimum absolute atomic E-state index is 0.0300. The summed E-state index contributed by atoms with van der Waals surface area (Å²) in [5.41, 5.74) is 1.50. The van der Waals surface area contributed by atoms with Crippen LogP contribution in [-0.4, -0.2) is 39.1 Å². The van der Waals surface area contributed by atoms with Crippen LogP contribution in [0.15, 0.2) is 42.7 Å². The number of rotatable bonds is 8. The van der Waals surface area contributed by atoms with E-state index in [1.54, 1.807) is 18.5 Å². The Balaban J connectivity index is 1.59. The van der Waals surface area contributed by atoms with Crippen molar-refractivity contribution in [3.63, 3.8) is 0 Å². The summed E-state index contributed by atoms with van der Waals surface area (Å²) >= 11 is 0. The van der Waals surface area contributed by atoms with Gasteiger partial charge in [-0.05, 0) is 49.3 Å². The Labute approximate surface area is 165 Å². The minimum atomic E-state index is -0.938. The lowest BCUT2D eigenvalue weighted by molar-refractivity contribution is -0.131. The van der Waals surface area contributed by atoms with Gasteiger partial charge in [0, 0.05) is 18.9 Å². The van der Waals surface area contributed by atoms with Crippen LogP contribution in [0.25, 0.3) is 11.4 Å². The van der Waals surface area contributed by atoms with Crippen molar-refractivity contribution < 1.29 is 19.4 Å². The van der Waals surface area contributed by atoms with Gasteiger partial charge in [-0.1, -0.05) is 19.9 Å². The summed E-state index contributed by atoms with van der Waals surface area (Å²) < 4.78 is 13.5. The van der Waals surface area contributed by atoms with Crippen LogP contribution < -0.4 is 4.74 Å². The summed E-state index contributed by atoms with van der Waals surface area (Å²) in [5.74, 6) is -0.256. The van der Waals surface area contributed by atoms with Gasteiger partial charge in [0.25, 0.3) is 0 Å². The molecule has 1 unspecified atom stereocenters. The average molecular weight is 385 g/mol. The molecule has 2 aromatic heterocycles. The maximum Gasteiger partial charge on any atom is 0.327 e. The van der Waals surface area contributed by atoms with Crippen molar-refractivity contribution in [2.24, 2.45) is 5.41 Å². The summed E-state index contributed by atoms with van der Waals surface area (Å²) in [5, 5.41) is 13.2. The van der Waals surface area contributed by atoms with E-state index >= 15 is 0 Å².